The minimum Gasteiger partial charge on any atom is -0.319 e. The third-order valence-electron chi connectivity index (χ3n) is 4.28. The number of alkyl halides is 6. The summed E-state index contributed by atoms with van der Waals surface area (Å²) in [5.41, 5.74) is -1.51. The van der Waals surface area contributed by atoms with Crippen molar-refractivity contribution in [3.05, 3.63) is 42.0 Å². The summed E-state index contributed by atoms with van der Waals surface area (Å²) in [5, 5.41) is 9.32. The molecular formula is C16H15F6N5O. The molecule has 3 rings (SSSR count). The number of aromatic nitrogens is 3. The molecule has 6 nitrogen and oxygen atoms in total. The fraction of sp³-hybridized carbons (Fsp3) is 0.438. The average molecular weight is 407 g/mol. The van der Waals surface area contributed by atoms with E-state index >= 15 is 0 Å². The van der Waals surface area contributed by atoms with E-state index in [2.05, 4.69) is 20.7 Å². The number of piperidine rings is 1. The van der Waals surface area contributed by atoms with Crippen LogP contribution in [0.4, 0.5) is 32.0 Å². The van der Waals surface area contributed by atoms with Gasteiger partial charge in [-0.25, -0.2) is 4.39 Å². The van der Waals surface area contributed by atoms with Crippen molar-refractivity contribution in [3.8, 4) is 0 Å². The lowest BCUT2D eigenvalue weighted by Crippen LogP contribution is -2.39. The Bertz CT molecular complexity index is 835. The zero-order valence-corrected chi connectivity index (χ0v) is 14.2. The standard InChI is InChI=1S/C16H15F6N5O/c17-11-7-23-4-3-12(11)27-8-10(6-25-27)26-14(28)9-1-2-13(24-5-9)15(18,19)16(20,21)22/h1-2,5-6,8,11-12,23H,3-4,7H2,(H,26,28)/t11-,12-/m1/s1. The molecule has 2 N–H and O–H groups in total. The molecule has 1 aliphatic heterocycles. The molecule has 0 radical (unpaired) electrons. The Balaban J connectivity index is 1.69. The largest absolute Gasteiger partial charge is 0.459 e. The first-order chi connectivity index (χ1) is 13.1. The molecule has 0 aromatic carbocycles. The van der Waals surface area contributed by atoms with E-state index in [1.165, 1.54) is 17.1 Å². The van der Waals surface area contributed by atoms with Gasteiger partial charge in [0.1, 0.15) is 11.9 Å². The number of hydrogen-bond acceptors (Lipinski definition) is 4. The third-order valence-corrected chi connectivity index (χ3v) is 4.28. The molecule has 3 heterocycles. The van der Waals surface area contributed by atoms with Crippen LogP contribution >= 0.6 is 0 Å². The minimum atomic E-state index is -5.79. The molecule has 2 aromatic rings. The number of hydrogen-bond donors (Lipinski definition) is 2. The zero-order valence-electron chi connectivity index (χ0n) is 14.2. The lowest BCUT2D eigenvalue weighted by molar-refractivity contribution is -0.290. The molecule has 12 heteroatoms. The highest BCUT2D eigenvalue weighted by molar-refractivity contribution is 6.03. The maximum absolute atomic E-state index is 13.9. The molecule has 1 fully saturated rings. The van der Waals surface area contributed by atoms with Crippen molar-refractivity contribution in [1.29, 1.82) is 0 Å². The number of pyridine rings is 1. The van der Waals surface area contributed by atoms with Crippen molar-refractivity contribution in [2.75, 3.05) is 18.4 Å². The van der Waals surface area contributed by atoms with Gasteiger partial charge in [0.15, 0.2) is 0 Å². The maximum atomic E-state index is 13.9. The highest BCUT2D eigenvalue weighted by atomic mass is 19.4. The molecule has 0 unspecified atom stereocenters. The van der Waals surface area contributed by atoms with Gasteiger partial charge in [-0.2, -0.15) is 27.1 Å². The van der Waals surface area contributed by atoms with E-state index in [-0.39, 0.29) is 17.8 Å². The summed E-state index contributed by atoms with van der Waals surface area (Å²) in [4.78, 5) is 15.2. The smallest absolute Gasteiger partial charge is 0.319 e. The summed E-state index contributed by atoms with van der Waals surface area (Å²) in [7, 11) is 0. The first kappa shape index (κ1) is 20.1. The Labute approximate surface area is 154 Å². The van der Waals surface area contributed by atoms with Gasteiger partial charge in [-0.1, -0.05) is 0 Å². The minimum absolute atomic E-state index is 0.187. The summed E-state index contributed by atoms with van der Waals surface area (Å²) in [5.74, 6) is -5.91. The topological polar surface area (TPSA) is 71.8 Å². The molecule has 0 aliphatic carbocycles. The fourth-order valence-corrected chi connectivity index (χ4v) is 2.75. The van der Waals surface area contributed by atoms with Crippen LogP contribution in [-0.2, 0) is 5.92 Å². The Morgan fingerprint density at radius 3 is 2.57 bits per heavy atom. The number of anilines is 1. The summed E-state index contributed by atoms with van der Waals surface area (Å²) in [6.45, 7) is 0.806. The Kier molecular flexibility index (Phi) is 5.33. The third kappa shape index (κ3) is 3.96. The number of amides is 1. The maximum Gasteiger partial charge on any atom is 0.459 e. The van der Waals surface area contributed by atoms with Crippen LogP contribution in [0.1, 0.15) is 28.5 Å². The summed E-state index contributed by atoms with van der Waals surface area (Å²) in [6, 6.07) is 0.762. The van der Waals surface area contributed by atoms with Gasteiger partial charge in [-0.05, 0) is 25.1 Å². The van der Waals surface area contributed by atoms with Crippen LogP contribution in [0.25, 0.3) is 0 Å². The number of carbonyl (C=O) groups excluding carboxylic acids is 1. The van der Waals surface area contributed by atoms with Crippen molar-refractivity contribution in [2.24, 2.45) is 0 Å². The quantitative estimate of drug-likeness (QED) is 0.765. The Hall–Kier alpha value is -2.63. The second-order valence-electron chi connectivity index (χ2n) is 6.24. The Morgan fingerprint density at radius 2 is 1.96 bits per heavy atom. The van der Waals surface area contributed by atoms with Gasteiger partial charge in [-0.15, -0.1) is 0 Å². The molecule has 0 bridgehead atoms. The highest BCUT2D eigenvalue weighted by Gasteiger charge is 2.59. The molecule has 1 saturated heterocycles. The van der Waals surface area contributed by atoms with E-state index in [1.54, 1.807) is 0 Å². The Morgan fingerprint density at radius 1 is 1.21 bits per heavy atom. The van der Waals surface area contributed by atoms with Gasteiger partial charge in [0.2, 0.25) is 0 Å². The highest BCUT2D eigenvalue weighted by Crippen LogP contribution is 2.42. The molecule has 0 saturated carbocycles. The van der Waals surface area contributed by atoms with Gasteiger partial charge in [0, 0.05) is 18.9 Å². The van der Waals surface area contributed by atoms with Crippen LogP contribution in [0.2, 0.25) is 0 Å². The van der Waals surface area contributed by atoms with Gasteiger partial charge in [0.05, 0.1) is 23.5 Å². The van der Waals surface area contributed by atoms with E-state index in [1.807, 2.05) is 0 Å². The van der Waals surface area contributed by atoms with Gasteiger partial charge in [-0.3, -0.25) is 14.5 Å². The van der Waals surface area contributed by atoms with E-state index in [0.717, 1.165) is 6.07 Å². The molecule has 2 atom stereocenters. The van der Waals surface area contributed by atoms with E-state index in [4.69, 9.17) is 0 Å². The van der Waals surface area contributed by atoms with E-state index < -0.39 is 35.9 Å². The van der Waals surface area contributed by atoms with Crippen LogP contribution in [-0.4, -0.2) is 46.1 Å². The number of carbonyl (C=O) groups is 1. The lowest BCUT2D eigenvalue weighted by Gasteiger charge is -2.26. The van der Waals surface area contributed by atoms with Crippen molar-refractivity contribution in [2.45, 2.75) is 30.7 Å². The number of rotatable bonds is 4. The van der Waals surface area contributed by atoms with Crippen LogP contribution in [0.5, 0.6) is 0 Å². The van der Waals surface area contributed by atoms with Crippen LogP contribution < -0.4 is 10.6 Å². The lowest BCUT2D eigenvalue weighted by atomic mass is 10.1. The van der Waals surface area contributed by atoms with Crippen molar-refractivity contribution < 1.29 is 31.1 Å². The van der Waals surface area contributed by atoms with Crippen molar-refractivity contribution >= 4 is 11.6 Å². The fourth-order valence-electron chi connectivity index (χ4n) is 2.75. The summed E-state index contributed by atoms with van der Waals surface area (Å²) >= 11 is 0. The van der Waals surface area contributed by atoms with Gasteiger partial charge in [0.25, 0.3) is 5.91 Å². The average Bonchev–Trinajstić information content (AvgIpc) is 3.09. The molecular weight excluding hydrogens is 392 g/mol. The zero-order chi connectivity index (χ0) is 20.5. The number of nitrogens with zero attached hydrogens (tertiary/aromatic N) is 3. The van der Waals surface area contributed by atoms with E-state index in [9.17, 15) is 31.1 Å². The first-order valence-corrected chi connectivity index (χ1v) is 8.21. The summed E-state index contributed by atoms with van der Waals surface area (Å²) < 4.78 is 78.8. The number of nitrogens with one attached hydrogen (secondary N) is 2. The van der Waals surface area contributed by atoms with Gasteiger partial charge < -0.3 is 10.6 Å². The molecule has 0 spiro atoms. The van der Waals surface area contributed by atoms with Crippen LogP contribution in [0, 0.1) is 0 Å². The normalized spacial score (nSPS) is 20.8. The first-order valence-electron chi connectivity index (χ1n) is 8.21. The predicted molar refractivity (Wildman–Crippen MR) is 85.8 cm³/mol. The molecule has 1 aliphatic rings. The second-order valence-corrected chi connectivity index (χ2v) is 6.24. The molecule has 1 amide bonds. The predicted octanol–water partition coefficient (Wildman–Crippen LogP) is 3.06. The second kappa shape index (κ2) is 7.41. The summed E-state index contributed by atoms with van der Waals surface area (Å²) in [6.07, 6.45) is -3.11. The van der Waals surface area contributed by atoms with Crippen molar-refractivity contribution in [1.82, 2.24) is 20.1 Å². The molecule has 2 aromatic heterocycles. The molecule has 28 heavy (non-hydrogen) atoms. The number of halogens is 6. The van der Waals surface area contributed by atoms with Gasteiger partial charge >= 0.3 is 12.1 Å². The van der Waals surface area contributed by atoms with E-state index in [0.29, 0.717) is 25.2 Å². The molecule has 152 valence electrons. The van der Waals surface area contributed by atoms with Crippen molar-refractivity contribution in [3.63, 3.8) is 0 Å². The van der Waals surface area contributed by atoms with Crippen LogP contribution in [0.15, 0.2) is 30.7 Å². The van der Waals surface area contributed by atoms with Crippen LogP contribution in [0.3, 0.4) is 0 Å². The monoisotopic (exact) mass is 407 g/mol. The SMILES string of the molecule is O=C(Nc1cnn([C@@H]2CCNC[C@H]2F)c1)c1ccc(C(F)(F)C(F)(F)F)nc1.